The van der Waals surface area contributed by atoms with E-state index in [1.807, 2.05) is 30.3 Å². The van der Waals surface area contributed by atoms with Gasteiger partial charge in [-0.3, -0.25) is 4.79 Å². The zero-order valence-electron chi connectivity index (χ0n) is 10.1. The average Bonchev–Trinajstić information content (AvgIpc) is 2.77. The van der Waals surface area contributed by atoms with Crippen LogP contribution in [0, 0.1) is 0 Å². The summed E-state index contributed by atoms with van der Waals surface area (Å²) in [6, 6.07) is 10.8. The third kappa shape index (κ3) is 1.91. The van der Waals surface area contributed by atoms with Gasteiger partial charge in [0.05, 0.1) is 0 Å². The minimum Gasteiger partial charge on any atom is -0.507 e. The minimum atomic E-state index is -0.262. The number of ketones is 1. The summed E-state index contributed by atoms with van der Waals surface area (Å²) in [5, 5.41) is 20.1. The molecule has 1 aliphatic rings. The van der Waals surface area contributed by atoms with Crippen LogP contribution in [0.5, 0.6) is 17.2 Å². The van der Waals surface area contributed by atoms with Crippen molar-refractivity contribution in [2.75, 3.05) is 6.61 Å². The molecule has 0 fully saturated rings. The van der Waals surface area contributed by atoms with Crippen molar-refractivity contribution >= 4 is 5.78 Å². The van der Waals surface area contributed by atoms with Gasteiger partial charge in [-0.25, -0.2) is 0 Å². The van der Waals surface area contributed by atoms with E-state index in [0.29, 0.717) is 12.0 Å². The highest BCUT2D eigenvalue weighted by Crippen LogP contribution is 2.41. The summed E-state index contributed by atoms with van der Waals surface area (Å²) in [4.78, 5) is 11.6. The predicted molar refractivity (Wildman–Crippen MR) is 68.8 cm³/mol. The van der Waals surface area contributed by atoms with Crippen LogP contribution >= 0.6 is 0 Å². The highest BCUT2D eigenvalue weighted by atomic mass is 16.5. The van der Waals surface area contributed by atoms with E-state index in [-0.39, 0.29) is 35.2 Å². The highest BCUT2D eigenvalue weighted by molar-refractivity contribution is 6.05. The fourth-order valence-corrected chi connectivity index (χ4v) is 2.25. The molecule has 0 saturated heterocycles. The van der Waals surface area contributed by atoms with Crippen molar-refractivity contribution in [1.82, 2.24) is 0 Å². The Hall–Kier alpha value is -2.49. The van der Waals surface area contributed by atoms with Gasteiger partial charge in [0.25, 0.3) is 0 Å². The monoisotopic (exact) mass is 256 g/mol. The molecule has 2 N–H and O–H groups in total. The Bertz CT molecular complexity index is 647. The van der Waals surface area contributed by atoms with Gasteiger partial charge in [-0.15, -0.1) is 0 Å². The van der Waals surface area contributed by atoms with Crippen LogP contribution in [0.4, 0.5) is 0 Å². The van der Waals surface area contributed by atoms with Crippen LogP contribution in [0.1, 0.15) is 21.5 Å². The van der Waals surface area contributed by atoms with E-state index in [9.17, 15) is 15.0 Å². The van der Waals surface area contributed by atoms with Gasteiger partial charge in [-0.05, 0) is 5.56 Å². The Balaban J connectivity index is 2.07. The Morgan fingerprint density at radius 3 is 2.63 bits per heavy atom. The first kappa shape index (κ1) is 11.6. The molecule has 0 aliphatic carbocycles. The van der Waals surface area contributed by atoms with E-state index in [4.69, 9.17) is 4.74 Å². The van der Waals surface area contributed by atoms with E-state index in [1.165, 1.54) is 6.07 Å². The first-order chi connectivity index (χ1) is 9.16. The molecule has 0 radical (unpaired) electrons. The molecule has 3 rings (SSSR count). The first-order valence-corrected chi connectivity index (χ1v) is 5.94. The summed E-state index contributed by atoms with van der Waals surface area (Å²) in [7, 11) is 0. The van der Waals surface area contributed by atoms with Gasteiger partial charge in [-0.1, -0.05) is 30.3 Å². The molecule has 2 aromatic rings. The Morgan fingerprint density at radius 1 is 1.16 bits per heavy atom. The van der Waals surface area contributed by atoms with Crippen molar-refractivity contribution in [3.8, 4) is 17.2 Å². The van der Waals surface area contributed by atoms with E-state index in [0.717, 1.165) is 5.56 Å². The highest BCUT2D eigenvalue weighted by Gasteiger charge is 2.28. The summed E-state index contributed by atoms with van der Waals surface area (Å²) in [6.07, 6.45) is 0.360. The standard InChI is InChI=1S/C15H12O4/c16-11-7-13-14(12(17)8-19-13)15(18)10(11)6-9-4-2-1-3-5-9/h1-5,7,16,18H,6,8H2. The normalized spacial score (nSPS) is 13.2. The van der Waals surface area contributed by atoms with Gasteiger partial charge in [0, 0.05) is 18.1 Å². The number of benzene rings is 2. The molecule has 4 nitrogen and oxygen atoms in total. The Kier molecular flexibility index (Phi) is 2.63. The maximum atomic E-state index is 11.6. The van der Waals surface area contributed by atoms with Crippen molar-refractivity contribution in [2.45, 2.75) is 6.42 Å². The van der Waals surface area contributed by atoms with Crippen LogP contribution in [0.15, 0.2) is 36.4 Å². The second kappa shape index (κ2) is 4.31. The van der Waals surface area contributed by atoms with E-state index >= 15 is 0 Å². The summed E-state index contributed by atoms with van der Waals surface area (Å²) in [5.41, 5.74) is 1.46. The van der Waals surface area contributed by atoms with Crippen LogP contribution in [-0.4, -0.2) is 22.6 Å². The van der Waals surface area contributed by atoms with Gasteiger partial charge in [0.2, 0.25) is 5.78 Å². The number of ether oxygens (including phenoxy) is 1. The SMILES string of the molecule is O=C1COc2cc(O)c(Cc3ccccc3)c(O)c21. The van der Waals surface area contributed by atoms with Crippen molar-refractivity contribution in [2.24, 2.45) is 0 Å². The van der Waals surface area contributed by atoms with Crippen LogP contribution in [0.25, 0.3) is 0 Å². The summed E-state index contributed by atoms with van der Waals surface area (Å²) >= 11 is 0. The topological polar surface area (TPSA) is 66.8 Å². The number of aromatic hydroxyl groups is 2. The van der Waals surface area contributed by atoms with Crippen molar-refractivity contribution in [3.05, 3.63) is 53.1 Å². The molecule has 2 aromatic carbocycles. The van der Waals surface area contributed by atoms with Crippen LogP contribution < -0.4 is 4.74 Å². The average molecular weight is 256 g/mol. The lowest BCUT2D eigenvalue weighted by Gasteiger charge is -2.10. The molecule has 0 bridgehead atoms. The smallest absolute Gasteiger partial charge is 0.207 e. The molecule has 96 valence electrons. The molecule has 0 unspecified atom stereocenters. The van der Waals surface area contributed by atoms with E-state index < -0.39 is 0 Å². The fraction of sp³-hybridized carbons (Fsp3) is 0.133. The number of hydrogen-bond acceptors (Lipinski definition) is 4. The zero-order valence-corrected chi connectivity index (χ0v) is 10.1. The molecule has 0 spiro atoms. The number of Topliss-reactive ketones (excluding diaryl/α,β-unsaturated/α-hetero) is 1. The summed E-state index contributed by atoms with van der Waals surface area (Å²) in [6.45, 7) is -0.0862. The van der Waals surface area contributed by atoms with Gasteiger partial charge in [-0.2, -0.15) is 0 Å². The number of carbonyl (C=O) groups is 1. The van der Waals surface area contributed by atoms with E-state index in [2.05, 4.69) is 0 Å². The third-order valence-corrected chi connectivity index (χ3v) is 3.21. The lowest BCUT2D eigenvalue weighted by molar-refractivity contribution is 0.0959. The first-order valence-electron chi connectivity index (χ1n) is 5.94. The zero-order chi connectivity index (χ0) is 13.4. The van der Waals surface area contributed by atoms with Gasteiger partial charge in [0.15, 0.2) is 6.61 Å². The molecular weight excluding hydrogens is 244 g/mol. The van der Waals surface area contributed by atoms with Crippen molar-refractivity contribution in [3.63, 3.8) is 0 Å². The molecule has 1 heterocycles. The largest absolute Gasteiger partial charge is 0.507 e. The third-order valence-electron chi connectivity index (χ3n) is 3.21. The van der Waals surface area contributed by atoms with Crippen molar-refractivity contribution < 1.29 is 19.7 Å². The number of carbonyl (C=O) groups excluding carboxylic acids is 1. The number of phenolic OH excluding ortho intramolecular Hbond substituents is 2. The summed E-state index contributed by atoms with van der Waals surface area (Å²) < 4.78 is 5.11. The van der Waals surface area contributed by atoms with Crippen LogP contribution in [-0.2, 0) is 6.42 Å². The molecule has 19 heavy (non-hydrogen) atoms. The maximum Gasteiger partial charge on any atom is 0.207 e. The predicted octanol–water partition coefficient (Wildman–Crippen LogP) is 2.26. The fourth-order valence-electron chi connectivity index (χ4n) is 2.25. The van der Waals surface area contributed by atoms with Crippen LogP contribution in [0.2, 0.25) is 0 Å². The number of phenols is 2. The van der Waals surface area contributed by atoms with Crippen LogP contribution in [0.3, 0.4) is 0 Å². The second-order valence-corrected chi connectivity index (χ2v) is 4.47. The number of rotatable bonds is 2. The quantitative estimate of drug-likeness (QED) is 0.865. The van der Waals surface area contributed by atoms with Gasteiger partial charge in [0.1, 0.15) is 22.8 Å². The summed E-state index contributed by atoms with van der Waals surface area (Å²) in [5.74, 6) is -0.255. The molecule has 1 aliphatic heterocycles. The van der Waals surface area contributed by atoms with Gasteiger partial charge >= 0.3 is 0 Å². The minimum absolute atomic E-state index is 0.0604. The van der Waals surface area contributed by atoms with E-state index in [1.54, 1.807) is 0 Å². The lowest BCUT2D eigenvalue weighted by atomic mass is 9.98. The Morgan fingerprint density at radius 2 is 1.89 bits per heavy atom. The lowest BCUT2D eigenvalue weighted by Crippen LogP contribution is -2.00. The molecule has 0 atom stereocenters. The number of hydrogen-bond donors (Lipinski definition) is 2. The maximum absolute atomic E-state index is 11.6. The molecule has 0 amide bonds. The van der Waals surface area contributed by atoms with Crippen molar-refractivity contribution in [1.29, 1.82) is 0 Å². The molecule has 4 heteroatoms. The van der Waals surface area contributed by atoms with Gasteiger partial charge < -0.3 is 14.9 Å². The molecule has 0 aromatic heterocycles. The second-order valence-electron chi connectivity index (χ2n) is 4.47. The molecular formula is C15H12O4. The Labute approximate surface area is 109 Å². The molecule has 0 saturated carbocycles. The number of fused-ring (bicyclic) bond motifs is 1.